The molecule has 1 unspecified atom stereocenters. The highest BCUT2D eigenvalue weighted by Gasteiger charge is 2.29. The van der Waals surface area contributed by atoms with Gasteiger partial charge in [0.15, 0.2) is 0 Å². The number of hydrogen-bond acceptors (Lipinski definition) is 4. The molecule has 0 bridgehead atoms. The quantitative estimate of drug-likeness (QED) is 0.855. The van der Waals surface area contributed by atoms with Gasteiger partial charge in [0.25, 0.3) is 0 Å². The van der Waals surface area contributed by atoms with Gasteiger partial charge in [0.1, 0.15) is 6.04 Å². The van der Waals surface area contributed by atoms with Crippen molar-refractivity contribution in [3.63, 3.8) is 0 Å². The van der Waals surface area contributed by atoms with Crippen LogP contribution in [0.5, 0.6) is 0 Å². The largest absolute Gasteiger partial charge is 0.350 e. The van der Waals surface area contributed by atoms with Gasteiger partial charge in [-0.05, 0) is 61.7 Å². The average Bonchev–Trinajstić information content (AvgIpc) is 2.51. The highest BCUT2D eigenvalue weighted by molar-refractivity contribution is 7.92. The summed E-state index contributed by atoms with van der Waals surface area (Å²) in [5, 5.41) is 2.78. The summed E-state index contributed by atoms with van der Waals surface area (Å²) in [6.07, 6.45) is 4.39. The number of anilines is 1. The van der Waals surface area contributed by atoms with Crippen LogP contribution in [0.4, 0.5) is 5.69 Å². The van der Waals surface area contributed by atoms with Crippen LogP contribution in [0.2, 0.25) is 0 Å². The SMILES string of the molecule is Cc1cc(C)cc(N(C(C)C(=O)NCc2ccncc2)S(C)(=O)=O)c1. The summed E-state index contributed by atoms with van der Waals surface area (Å²) >= 11 is 0. The third-order valence-corrected chi connectivity index (χ3v) is 5.01. The Morgan fingerprint density at radius 1 is 1.16 bits per heavy atom. The maximum Gasteiger partial charge on any atom is 0.243 e. The predicted octanol–water partition coefficient (Wildman–Crippen LogP) is 2.17. The molecule has 25 heavy (non-hydrogen) atoms. The standard InChI is InChI=1S/C18H23N3O3S/c1-13-9-14(2)11-17(10-13)21(25(4,23)24)15(3)18(22)20-12-16-5-7-19-8-6-16/h5-11,15H,12H2,1-4H3,(H,20,22). The van der Waals surface area contributed by atoms with E-state index in [2.05, 4.69) is 10.3 Å². The number of pyridine rings is 1. The molecule has 1 N–H and O–H groups in total. The van der Waals surface area contributed by atoms with Gasteiger partial charge in [-0.2, -0.15) is 0 Å². The molecule has 0 aliphatic rings. The van der Waals surface area contributed by atoms with E-state index in [1.165, 1.54) is 0 Å². The first-order valence-electron chi connectivity index (χ1n) is 7.93. The molecule has 7 heteroatoms. The molecule has 1 aromatic carbocycles. The van der Waals surface area contributed by atoms with Crippen molar-refractivity contribution in [2.45, 2.75) is 33.4 Å². The topological polar surface area (TPSA) is 79.4 Å². The Labute approximate surface area is 148 Å². The molecule has 6 nitrogen and oxygen atoms in total. The number of carbonyl (C=O) groups excluding carboxylic acids is 1. The smallest absolute Gasteiger partial charge is 0.243 e. The van der Waals surface area contributed by atoms with E-state index >= 15 is 0 Å². The van der Waals surface area contributed by atoms with Gasteiger partial charge < -0.3 is 5.32 Å². The van der Waals surface area contributed by atoms with Gasteiger partial charge >= 0.3 is 0 Å². The van der Waals surface area contributed by atoms with Crippen LogP contribution in [0.1, 0.15) is 23.6 Å². The molecular weight excluding hydrogens is 338 g/mol. The first-order valence-corrected chi connectivity index (χ1v) is 9.77. The molecule has 1 amide bonds. The molecule has 0 fully saturated rings. The first-order chi connectivity index (χ1) is 11.7. The lowest BCUT2D eigenvalue weighted by Crippen LogP contribution is -2.47. The lowest BCUT2D eigenvalue weighted by atomic mass is 10.1. The van der Waals surface area contributed by atoms with Crippen molar-refractivity contribution in [3.8, 4) is 0 Å². The van der Waals surface area contributed by atoms with E-state index in [-0.39, 0.29) is 5.91 Å². The summed E-state index contributed by atoms with van der Waals surface area (Å²) in [7, 11) is -3.62. The van der Waals surface area contributed by atoms with Gasteiger partial charge in [-0.15, -0.1) is 0 Å². The Morgan fingerprint density at radius 3 is 2.24 bits per heavy atom. The molecule has 0 aliphatic heterocycles. The van der Waals surface area contributed by atoms with Gasteiger partial charge in [0.05, 0.1) is 11.9 Å². The molecule has 2 aromatic rings. The van der Waals surface area contributed by atoms with Crippen LogP contribution in [-0.4, -0.2) is 31.6 Å². The van der Waals surface area contributed by atoms with E-state index in [1.54, 1.807) is 43.6 Å². The van der Waals surface area contributed by atoms with Crippen molar-refractivity contribution in [3.05, 3.63) is 59.4 Å². The summed E-state index contributed by atoms with van der Waals surface area (Å²) in [5.41, 5.74) is 3.26. The zero-order valence-corrected chi connectivity index (χ0v) is 15.7. The minimum Gasteiger partial charge on any atom is -0.350 e. The van der Waals surface area contributed by atoms with Gasteiger partial charge in [0.2, 0.25) is 15.9 Å². The summed E-state index contributed by atoms with van der Waals surface area (Å²) in [6.45, 7) is 5.69. The van der Waals surface area contributed by atoms with Crippen LogP contribution in [0, 0.1) is 13.8 Å². The van der Waals surface area contributed by atoms with E-state index in [0.717, 1.165) is 27.3 Å². The lowest BCUT2D eigenvalue weighted by molar-refractivity contribution is -0.122. The van der Waals surface area contributed by atoms with E-state index in [9.17, 15) is 13.2 Å². The fraction of sp³-hybridized carbons (Fsp3) is 0.333. The maximum absolute atomic E-state index is 12.5. The molecule has 0 saturated heterocycles. The van der Waals surface area contributed by atoms with Crippen LogP contribution in [0.25, 0.3) is 0 Å². The number of hydrogen-bond donors (Lipinski definition) is 1. The zero-order chi connectivity index (χ0) is 18.6. The Balaban J connectivity index is 2.24. The number of aryl methyl sites for hydroxylation is 2. The second kappa shape index (κ2) is 7.65. The van der Waals surface area contributed by atoms with Crippen molar-refractivity contribution >= 4 is 21.6 Å². The molecule has 0 aliphatic carbocycles. The summed E-state index contributed by atoms with van der Waals surface area (Å²) in [6, 6.07) is 8.21. The highest BCUT2D eigenvalue weighted by atomic mass is 32.2. The molecule has 1 aromatic heterocycles. The van der Waals surface area contributed by atoms with Crippen molar-refractivity contribution in [1.29, 1.82) is 0 Å². The van der Waals surface area contributed by atoms with Crippen molar-refractivity contribution in [2.24, 2.45) is 0 Å². The van der Waals surface area contributed by atoms with Crippen LogP contribution in [0.3, 0.4) is 0 Å². The molecule has 1 atom stereocenters. The monoisotopic (exact) mass is 361 g/mol. The zero-order valence-electron chi connectivity index (χ0n) is 14.9. The van der Waals surface area contributed by atoms with Crippen LogP contribution in [0.15, 0.2) is 42.7 Å². The Bertz CT molecular complexity index is 831. The average molecular weight is 361 g/mol. The van der Waals surface area contributed by atoms with E-state index in [0.29, 0.717) is 12.2 Å². The second-order valence-corrected chi connectivity index (χ2v) is 8.01. The molecule has 0 saturated carbocycles. The van der Waals surface area contributed by atoms with Crippen LogP contribution in [-0.2, 0) is 21.4 Å². The molecule has 0 spiro atoms. The fourth-order valence-electron chi connectivity index (χ4n) is 2.72. The summed E-state index contributed by atoms with van der Waals surface area (Å²) in [4.78, 5) is 16.4. The molecular formula is C18H23N3O3S. The van der Waals surface area contributed by atoms with E-state index in [4.69, 9.17) is 0 Å². The van der Waals surface area contributed by atoms with Crippen molar-refractivity contribution < 1.29 is 13.2 Å². The maximum atomic E-state index is 12.5. The Hall–Kier alpha value is -2.41. The van der Waals surface area contributed by atoms with Crippen molar-refractivity contribution in [2.75, 3.05) is 10.6 Å². The Kier molecular flexibility index (Phi) is 5.79. The number of rotatable bonds is 6. The van der Waals surface area contributed by atoms with E-state index in [1.807, 2.05) is 19.9 Å². The first kappa shape index (κ1) is 18.9. The van der Waals surface area contributed by atoms with Crippen LogP contribution >= 0.6 is 0 Å². The molecule has 134 valence electrons. The number of amides is 1. The minimum atomic E-state index is -3.62. The normalized spacial score (nSPS) is 12.5. The van der Waals surface area contributed by atoms with Gasteiger partial charge in [-0.3, -0.25) is 14.1 Å². The Morgan fingerprint density at radius 2 is 1.72 bits per heavy atom. The molecule has 2 rings (SSSR count). The second-order valence-electron chi connectivity index (χ2n) is 6.15. The number of aromatic nitrogens is 1. The number of sulfonamides is 1. The number of benzene rings is 1. The van der Waals surface area contributed by atoms with Gasteiger partial charge in [0, 0.05) is 18.9 Å². The lowest BCUT2D eigenvalue weighted by Gasteiger charge is -2.28. The van der Waals surface area contributed by atoms with Gasteiger partial charge in [-0.25, -0.2) is 8.42 Å². The van der Waals surface area contributed by atoms with E-state index < -0.39 is 16.1 Å². The van der Waals surface area contributed by atoms with Crippen molar-refractivity contribution in [1.82, 2.24) is 10.3 Å². The fourth-order valence-corrected chi connectivity index (χ4v) is 3.88. The third kappa shape index (κ3) is 5.03. The van der Waals surface area contributed by atoms with Gasteiger partial charge in [-0.1, -0.05) is 6.07 Å². The van der Waals surface area contributed by atoms with Crippen LogP contribution < -0.4 is 9.62 Å². The predicted molar refractivity (Wildman–Crippen MR) is 98.8 cm³/mol. The molecule has 0 radical (unpaired) electrons. The summed E-state index contributed by atoms with van der Waals surface area (Å²) in [5.74, 6) is -0.360. The third-order valence-electron chi connectivity index (χ3n) is 3.77. The number of nitrogens with one attached hydrogen (secondary N) is 1. The molecule has 1 heterocycles. The highest BCUT2D eigenvalue weighted by Crippen LogP contribution is 2.23. The number of carbonyl (C=O) groups is 1. The number of nitrogens with zero attached hydrogens (tertiary/aromatic N) is 2. The summed E-state index contributed by atoms with van der Waals surface area (Å²) < 4.78 is 25.8. The minimum absolute atomic E-state index is 0.316.